The second-order valence-corrected chi connectivity index (χ2v) is 7.70. The highest BCUT2D eigenvalue weighted by Gasteiger charge is 2.27. The van der Waals surface area contributed by atoms with E-state index in [2.05, 4.69) is 33.9 Å². The summed E-state index contributed by atoms with van der Waals surface area (Å²) < 4.78 is 7.54. The Morgan fingerprint density at radius 1 is 1.17 bits per heavy atom. The zero-order valence-electron chi connectivity index (χ0n) is 18.4. The molecule has 1 atom stereocenters. The quantitative estimate of drug-likeness (QED) is 0.411. The normalized spacial score (nSPS) is 13.9. The number of hydrogen-bond acceptors (Lipinski definition) is 4. The largest absolute Gasteiger partial charge is 0.463 e. The highest BCUT2D eigenvalue weighted by molar-refractivity contribution is 5.79. The summed E-state index contributed by atoms with van der Waals surface area (Å²) in [6.45, 7) is 11.1. The molecule has 0 aliphatic carbocycles. The molecule has 3 N–H and O–H groups in total. The molecule has 7 nitrogen and oxygen atoms in total. The lowest BCUT2D eigenvalue weighted by molar-refractivity contribution is 0.0378. The first-order valence-corrected chi connectivity index (χ1v) is 10.2. The van der Waals surface area contributed by atoms with E-state index in [1.807, 2.05) is 50.6 Å². The molecule has 30 heavy (non-hydrogen) atoms. The molecule has 2 heterocycles. The van der Waals surface area contributed by atoms with E-state index < -0.39 is 5.60 Å². The monoisotopic (exact) mass is 409 g/mol. The van der Waals surface area contributed by atoms with Crippen molar-refractivity contribution in [3.05, 3.63) is 70.9 Å². The Morgan fingerprint density at radius 3 is 2.57 bits per heavy atom. The highest BCUT2D eigenvalue weighted by Crippen LogP contribution is 2.22. The van der Waals surface area contributed by atoms with E-state index in [9.17, 15) is 5.11 Å². The summed E-state index contributed by atoms with van der Waals surface area (Å²) in [6, 6.07) is 13.8. The summed E-state index contributed by atoms with van der Waals surface area (Å²) in [5, 5.41) is 21.8. The summed E-state index contributed by atoms with van der Waals surface area (Å²) in [5.41, 5.74) is 3.00. The van der Waals surface area contributed by atoms with Gasteiger partial charge in [0.15, 0.2) is 5.96 Å². The van der Waals surface area contributed by atoms with Crippen LogP contribution in [0.25, 0.3) is 5.69 Å². The average Bonchev–Trinajstić information content (AvgIpc) is 3.29. The molecule has 0 spiro atoms. The Morgan fingerprint density at radius 2 is 1.93 bits per heavy atom. The van der Waals surface area contributed by atoms with Crippen molar-refractivity contribution in [1.82, 2.24) is 20.4 Å². The van der Waals surface area contributed by atoms with E-state index in [1.54, 1.807) is 13.0 Å². The first-order valence-electron chi connectivity index (χ1n) is 10.2. The molecule has 0 saturated heterocycles. The number of aryl methyl sites for hydroxylation is 3. The number of hydrogen-bond donors (Lipinski definition) is 3. The molecular weight excluding hydrogens is 378 g/mol. The summed E-state index contributed by atoms with van der Waals surface area (Å²) >= 11 is 0. The lowest BCUT2D eigenvalue weighted by atomic mass is 10.0. The van der Waals surface area contributed by atoms with Gasteiger partial charge < -0.3 is 20.2 Å². The van der Waals surface area contributed by atoms with Crippen LogP contribution < -0.4 is 10.6 Å². The third-order valence-corrected chi connectivity index (χ3v) is 4.85. The SMILES string of the molecule is CCNC(=NCc1ccccc1-n1nc(C)cc1C)NCC(C)(O)c1ccc(C)o1. The summed E-state index contributed by atoms with van der Waals surface area (Å²) in [5.74, 6) is 1.93. The van der Waals surface area contributed by atoms with Crippen molar-refractivity contribution in [2.24, 2.45) is 4.99 Å². The van der Waals surface area contributed by atoms with Gasteiger partial charge in [0.1, 0.15) is 17.1 Å². The molecule has 0 fully saturated rings. The molecule has 160 valence electrons. The Labute approximate surface area is 177 Å². The molecule has 0 bridgehead atoms. The Balaban J connectivity index is 1.76. The van der Waals surface area contributed by atoms with Crippen molar-refractivity contribution in [2.75, 3.05) is 13.1 Å². The van der Waals surface area contributed by atoms with Crippen LogP contribution in [0.4, 0.5) is 0 Å². The Hall–Kier alpha value is -3.06. The lowest BCUT2D eigenvalue weighted by Crippen LogP contribution is -2.44. The average molecular weight is 410 g/mol. The fraction of sp³-hybridized carbons (Fsp3) is 0.391. The van der Waals surface area contributed by atoms with E-state index in [-0.39, 0.29) is 6.54 Å². The zero-order valence-corrected chi connectivity index (χ0v) is 18.4. The maximum Gasteiger partial charge on any atom is 0.191 e. The van der Waals surface area contributed by atoms with Crippen LogP contribution in [0.3, 0.4) is 0 Å². The van der Waals surface area contributed by atoms with Crippen molar-refractivity contribution < 1.29 is 9.52 Å². The number of aliphatic hydroxyl groups is 1. The second-order valence-electron chi connectivity index (χ2n) is 7.70. The minimum atomic E-state index is -1.15. The maximum atomic E-state index is 10.8. The zero-order chi connectivity index (χ0) is 21.7. The van der Waals surface area contributed by atoms with Crippen LogP contribution in [-0.2, 0) is 12.1 Å². The smallest absolute Gasteiger partial charge is 0.191 e. The lowest BCUT2D eigenvalue weighted by Gasteiger charge is -2.23. The van der Waals surface area contributed by atoms with Crippen molar-refractivity contribution in [1.29, 1.82) is 0 Å². The molecule has 1 unspecified atom stereocenters. The predicted octanol–water partition coefficient (Wildman–Crippen LogP) is 3.35. The van der Waals surface area contributed by atoms with Crippen LogP contribution in [0.15, 0.2) is 51.9 Å². The number of furan rings is 1. The van der Waals surface area contributed by atoms with E-state index in [0.717, 1.165) is 28.4 Å². The molecule has 0 amide bonds. The second kappa shape index (κ2) is 9.17. The minimum absolute atomic E-state index is 0.269. The number of rotatable bonds is 7. The predicted molar refractivity (Wildman–Crippen MR) is 119 cm³/mol. The van der Waals surface area contributed by atoms with Gasteiger partial charge in [0.2, 0.25) is 0 Å². The number of benzene rings is 1. The number of aromatic nitrogens is 2. The van der Waals surface area contributed by atoms with Crippen LogP contribution in [0.1, 0.15) is 42.3 Å². The van der Waals surface area contributed by atoms with Crippen LogP contribution >= 0.6 is 0 Å². The summed E-state index contributed by atoms with van der Waals surface area (Å²) in [6.07, 6.45) is 0. The number of nitrogens with one attached hydrogen (secondary N) is 2. The van der Waals surface area contributed by atoms with Gasteiger partial charge in [0.05, 0.1) is 24.5 Å². The van der Waals surface area contributed by atoms with Crippen LogP contribution in [-0.4, -0.2) is 33.9 Å². The number of guanidine groups is 1. The standard InChI is InChI=1S/C23H31N5O2/c1-6-24-22(26-15-23(5,29)21-12-11-18(4)30-21)25-14-19-9-7-8-10-20(19)28-17(3)13-16(2)27-28/h7-13,29H,6,14-15H2,1-5H3,(H2,24,25,26). The van der Waals surface area contributed by atoms with Crippen molar-refractivity contribution in [3.63, 3.8) is 0 Å². The summed E-state index contributed by atoms with van der Waals surface area (Å²) in [4.78, 5) is 4.72. The van der Waals surface area contributed by atoms with Crippen molar-refractivity contribution in [2.45, 2.75) is 46.8 Å². The molecule has 2 aromatic heterocycles. The fourth-order valence-corrected chi connectivity index (χ4v) is 3.30. The molecule has 7 heteroatoms. The number of nitrogens with zero attached hydrogens (tertiary/aromatic N) is 3. The van der Waals surface area contributed by atoms with E-state index >= 15 is 0 Å². The van der Waals surface area contributed by atoms with Gasteiger partial charge in [-0.3, -0.25) is 0 Å². The van der Waals surface area contributed by atoms with Crippen molar-refractivity contribution >= 4 is 5.96 Å². The van der Waals surface area contributed by atoms with Gasteiger partial charge in [-0.05, 0) is 64.4 Å². The molecule has 1 aromatic carbocycles. The van der Waals surface area contributed by atoms with Gasteiger partial charge in [-0.1, -0.05) is 18.2 Å². The van der Waals surface area contributed by atoms with Gasteiger partial charge in [-0.15, -0.1) is 0 Å². The van der Waals surface area contributed by atoms with Gasteiger partial charge in [-0.2, -0.15) is 5.10 Å². The Kier molecular flexibility index (Phi) is 6.62. The first-order chi connectivity index (χ1) is 14.3. The number of aliphatic imine (C=N–C) groups is 1. The highest BCUT2D eigenvalue weighted by atomic mass is 16.4. The van der Waals surface area contributed by atoms with Crippen molar-refractivity contribution in [3.8, 4) is 5.69 Å². The van der Waals surface area contributed by atoms with E-state index in [4.69, 9.17) is 9.41 Å². The molecular formula is C23H31N5O2. The molecule has 0 saturated carbocycles. The van der Waals surface area contributed by atoms with E-state index in [0.29, 0.717) is 24.8 Å². The fourth-order valence-electron chi connectivity index (χ4n) is 3.30. The molecule has 3 aromatic rings. The third kappa shape index (κ3) is 5.10. The molecule has 3 rings (SSSR count). The maximum absolute atomic E-state index is 10.8. The van der Waals surface area contributed by atoms with Gasteiger partial charge in [0, 0.05) is 12.2 Å². The van der Waals surface area contributed by atoms with E-state index in [1.165, 1.54) is 0 Å². The van der Waals surface area contributed by atoms with Crippen LogP contribution in [0.5, 0.6) is 0 Å². The van der Waals surface area contributed by atoms with Gasteiger partial charge in [0.25, 0.3) is 0 Å². The third-order valence-electron chi connectivity index (χ3n) is 4.85. The Bertz CT molecular complexity index is 1020. The first kappa shape index (κ1) is 21.6. The summed E-state index contributed by atoms with van der Waals surface area (Å²) in [7, 11) is 0. The molecule has 0 aliphatic heterocycles. The van der Waals surface area contributed by atoms with Gasteiger partial charge in [-0.25, -0.2) is 9.67 Å². The van der Waals surface area contributed by atoms with Crippen LogP contribution in [0, 0.1) is 20.8 Å². The minimum Gasteiger partial charge on any atom is -0.463 e. The van der Waals surface area contributed by atoms with Crippen LogP contribution in [0.2, 0.25) is 0 Å². The van der Waals surface area contributed by atoms with Gasteiger partial charge >= 0.3 is 0 Å². The topological polar surface area (TPSA) is 87.6 Å². The molecule has 0 aliphatic rings. The number of para-hydroxylation sites is 1. The molecule has 0 radical (unpaired) electrons.